The van der Waals surface area contributed by atoms with Crippen LogP contribution in [0.4, 0.5) is 5.69 Å². The summed E-state index contributed by atoms with van der Waals surface area (Å²) in [5.74, 6) is -0.108. The van der Waals surface area contributed by atoms with E-state index in [0.717, 1.165) is 11.3 Å². The standard InChI is InChI=1S/C9H10N2O2/c1-7(12)11-9-4-2-8(3-5-9)6-10-13/h2-6,13H,1H3,(H,11,12). The van der Waals surface area contributed by atoms with Crippen molar-refractivity contribution in [3.8, 4) is 0 Å². The molecule has 0 spiro atoms. The van der Waals surface area contributed by atoms with Crippen molar-refractivity contribution in [1.82, 2.24) is 0 Å². The fourth-order valence-electron chi connectivity index (χ4n) is 0.922. The molecule has 4 nitrogen and oxygen atoms in total. The van der Waals surface area contributed by atoms with Gasteiger partial charge in [0, 0.05) is 12.6 Å². The van der Waals surface area contributed by atoms with E-state index in [0.29, 0.717) is 0 Å². The van der Waals surface area contributed by atoms with Crippen molar-refractivity contribution >= 4 is 17.8 Å². The van der Waals surface area contributed by atoms with Gasteiger partial charge < -0.3 is 10.5 Å². The molecular formula is C9H10N2O2. The van der Waals surface area contributed by atoms with Gasteiger partial charge >= 0.3 is 0 Å². The lowest BCUT2D eigenvalue weighted by molar-refractivity contribution is -0.114. The Bertz CT molecular complexity index is 317. The molecule has 0 saturated heterocycles. The molecule has 4 heteroatoms. The summed E-state index contributed by atoms with van der Waals surface area (Å²) >= 11 is 0. The van der Waals surface area contributed by atoms with Gasteiger partial charge in [-0.1, -0.05) is 17.3 Å². The van der Waals surface area contributed by atoms with E-state index < -0.39 is 0 Å². The first kappa shape index (κ1) is 9.25. The van der Waals surface area contributed by atoms with Crippen LogP contribution in [0.5, 0.6) is 0 Å². The Hall–Kier alpha value is -1.84. The minimum atomic E-state index is -0.108. The summed E-state index contributed by atoms with van der Waals surface area (Å²) in [6.07, 6.45) is 1.32. The van der Waals surface area contributed by atoms with Gasteiger partial charge in [-0.15, -0.1) is 0 Å². The van der Waals surface area contributed by atoms with Crippen molar-refractivity contribution < 1.29 is 10.0 Å². The van der Waals surface area contributed by atoms with Gasteiger partial charge in [0.1, 0.15) is 0 Å². The van der Waals surface area contributed by atoms with Gasteiger partial charge in [0.15, 0.2) is 0 Å². The molecule has 0 fully saturated rings. The number of amides is 1. The molecule has 0 unspecified atom stereocenters. The minimum absolute atomic E-state index is 0.108. The summed E-state index contributed by atoms with van der Waals surface area (Å²) in [5.41, 5.74) is 1.50. The smallest absolute Gasteiger partial charge is 0.221 e. The lowest BCUT2D eigenvalue weighted by atomic mass is 10.2. The zero-order chi connectivity index (χ0) is 9.68. The van der Waals surface area contributed by atoms with Crippen LogP contribution in [0.1, 0.15) is 12.5 Å². The van der Waals surface area contributed by atoms with Gasteiger partial charge in [-0.3, -0.25) is 4.79 Å². The molecular weight excluding hydrogens is 168 g/mol. The number of benzene rings is 1. The summed E-state index contributed by atoms with van der Waals surface area (Å²) in [6.45, 7) is 1.45. The molecule has 0 aliphatic rings. The van der Waals surface area contributed by atoms with Crippen LogP contribution in [0, 0.1) is 0 Å². The highest BCUT2D eigenvalue weighted by molar-refractivity contribution is 5.89. The Morgan fingerprint density at radius 2 is 2.08 bits per heavy atom. The third-order valence-electron chi connectivity index (χ3n) is 1.44. The number of nitrogens with zero attached hydrogens (tertiary/aromatic N) is 1. The van der Waals surface area contributed by atoms with E-state index >= 15 is 0 Å². The van der Waals surface area contributed by atoms with Gasteiger partial charge in [-0.05, 0) is 17.7 Å². The normalized spacial score (nSPS) is 10.2. The molecule has 13 heavy (non-hydrogen) atoms. The summed E-state index contributed by atoms with van der Waals surface area (Å²) in [5, 5.41) is 13.7. The first-order chi connectivity index (χ1) is 6.22. The maximum atomic E-state index is 10.6. The van der Waals surface area contributed by atoms with E-state index in [2.05, 4.69) is 10.5 Å². The van der Waals surface area contributed by atoms with Crippen molar-refractivity contribution in [3.63, 3.8) is 0 Å². The molecule has 68 valence electrons. The van der Waals surface area contributed by atoms with Crippen molar-refractivity contribution in [2.45, 2.75) is 6.92 Å². The molecule has 0 aliphatic carbocycles. The first-order valence-corrected chi connectivity index (χ1v) is 3.77. The second-order valence-electron chi connectivity index (χ2n) is 2.55. The van der Waals surface area contributed by atoms with Crippen molar-refractivity contribution in [2.75, 3.05) is 5.32 Å². The van der Waals surface area contributed by atoms with Crippen LogP contribution in [0.2, 0.25) is 0 Å². The van der Waals surface area contributed by atoms with Crippen LogP contribution in [0.25, 0.3) is 0 Å². The fourth-order valence-corrected chi connectivity index (χ4v) is 0.922. The molecule has 1 aromatic rings. The predicted molar refractivity (Wildman–Crippen MR) is 50.1 cm³/mol. The Balaban J connectivity index is 2.75. The van der Waals surface area contributed by atoms with Crippen LogP contribution >= 0.6 is 0 Å². The number of carbonyl (C=O) groups excluding carboxylic acids is 1. The van der Waals surface area contributed by atoms with Crippen LogP contribution in [-0.4, -0.2) is 17.3 Å². The van der Waals surface area contributed by atoms with Gasteiger partial charge in [-0.2, -0.15) is 0 Å². The van der Waals surface area contributed by atoms with Crippen molar-refractivity contribution in [3.05, 3.63) is 29.8 Å². The van der Waals surface area contributed by atoms with E-state index in [-0.39, 0.29) is 5.91 Å². The highest BCUT2D eigenvalue weighted by Gasteiger charge is 1.94. The highest BCUT2D eigenvalue weighted by Crippen LogP contribution is 2.07. The molecule has 1 amide bonds. The molecule has 1 rings (SSSR count). The van der Waals surface area contributed by atoms with Crippen LogP contribution in [0.3, 0.4) is 0 Å². The lowest BCUT2D eigenvalue weighted by Gasteiger charge is -2.00. The fraction of sp³-hybridized carbons (Fsp3) is 0.111. The quantitative estimate of drug-likeness (QED) is 0.409. The molecule has 0 atom stereocenters. The van der Waals surface area contributed by atoms with E-state index in [1.54, 1.807) is 24.3 Å². The molecule has 0 saturated carbocycles. The number of carbonyl (C=O) groups is 1. The van der Waals surface area contributed by atoms with Crippen molar-refractivity contribution in [1.29, 1.82) is 0 Å². The summed E-state index contributed by atoms with van der Waals surface area (Å²) in [7, 11) is 0. The van der Waals surface area contributed by atoms with E-state index in [4.69, 9.17) is 5.21 Å². The predicted octanol–water partition coefficient (Wildman–Crippen LogP) is 1.45. The van der Waals surface area contributed by atoms with Gasteiger partial charge in [-0.25, -0.2) is 0 Å². The Morgan fingerprint density at radius 3 is 2.54 bits per heavy atom. The number of hydrogen-bond acceptors (Lipinski definition) is 3. The molecule has 1 aromatic carbocycles. The lowest BCUT2D eigenvalue weighted by Crippen LogP contribution is -2.05. The first-order valence-electron chi connectivity index (χ1n) is 3.77. The minimum Gasteiger partial charge on any atom is -0.411 e. The van der Waals surface area contributed by atoms with E-state index in [1.807, 2.05) is 0 Å². The number of anilines is 1. The SMILES string of the molecule is CC(=O)Nc1ccc(C=NO)cc1. The van der Waals surface area contributed by atoms with Gasteiger partial charge in [0.25, 0.3) is 0 Å². The third-order valence-corrected chi connectivity index (χ3v) is 1.44. The topological polar surface area (TPSA) is 61.7 Å². The molecule has 0 aromatic heterocycles. The molecule has 0 radical (unpaired) electrons. The number of oxime groups is 1. The zero-order valence-electron chi connectivity index (χ0n) is 7.19. The molecule has 2 N–H and O–H groups in total. The van der Waals surface area contributed by atoms with Gasteiger partial charge in [0.05, 0.1) is 6.21 Å². The van der Waals surface area contributed by atoms with Crippen LogP contribution < -0.4 is 5.32 Å². The highest BCUT2D eigenvalue weighted by atomic mass is 16.4. The monoisotopic (exact) mass is 178 g/mol. The second-order valence-corrected chi connectivity index (χ2v) is 2.55. The largest absolute Gasteiger partial charge is 0.411 e. The third kappa shape index (κ3) is 2.94. The Labute approximate surface area is 75.9 Å². The van der Waals surface area contributed by atoms with Gasteiger partial charge in [0.2, 0.25) is 5.91 Å². The molecule has 0 heterocycles. The summed E-state index contributed by atoms with van der Waals surface area (Å²) in [4.78, 5) is 10.6. The number of nitrogens with one attached hydrogen (secondary N) is 1. The summed E-state index contributed by atoms with van der Waals surface area (Å²) < 4.78 is 0. The summed E-state index contributed by atoms with van der Waals surface area (Å²) in [6, 6.07) is 6.95. The maximum absolute atomic E-state index is 10.6. The van der Waals surface area contributed by atoms with Crippen LogP contribution in [-0.2, 0) is 4.79 Å². The van der Waals surface area contributed by atoms with Crippen molar-refractivity contribution in [2.24, 2.45) is 5.16 Å². The zero-order valence-corrected chi connectivity index (χ0v) is 7.19. The number of hydrogen-bond donors (Lipinski definition) is 2. The number of rotatable bonds is 2. The van der Waals surface area contributed by atoms with Crippen LogP contribution in [0.15, 0.2) is 29.4 Å². The second kappa shape index (κ2) is 4.25. The average Bonchev–Trinajstić information content (AvgIpc) is 2.08. The van der Waals surface area contributed by atoms with E-state index in [1.165, 1.54) is 13.1 Å². The molecule has 0 bridgehead atoms. The maximum Gasteiger partial charge on any atom is 0.221 e. The molecule has 0 aliphatic heterocycles. The average molecular weight is 178 g/mol. The Morgan fingerprint density at radius 1 is 1.46 bits per heavy atom. The Kier molecular flexibility index (Phi) is 3.03. The van der Waals surface area contributed by atoms with E-state index in [9.17, 15) is 4.79 Å².